The minimum atomic E-state index is -0.335. The van der Waals surface area contributed by atoms with E-state index in [0.717, 1.165) is 80.3 Å². The fourth-order valence-electron chi connectivity index (χ4n) is 4.95. The lowest BCUT2D eigenvalue weighted by molar-refractivity contribution is 0.0649. The lowest BCUT2D eigenvalue weighted by atomic mass is 10.0. The van der Waals surface area contributed by atoms with Gasteiger partial charge in [-0.3, -0.25) is 9.67 Å². The molecule has 3 aliphatic heterocycles. The van der Waals surface area contributed by atoms with Gasteiger partial charge in [-0.25, -0.2) is 9.18 Å². The Morgan fingerprint density at radius 3 is 2.84 bits per heavy atom. The number of amides is 1. The molecule has 0 aliphatic carbocycles. The first kappa shape index (κ1) is 20.2. The zero-order valence-electron chi connectivity index (χ0n) is 18.1. The van der Waals surface area contributed by atoms with Gasteiger partial charge in [-0.2, -0.15) is 5.10 Å². The van der Waals surface area contributed by atoms with E-state index in [1.54, 1.807) is 17.9 Å². The van der Waals surface area contributed by atoms with Gasteiger partial charge >= 0.3 is 6.09 Å². The number of aromatic nitrogens is 3. The van der Waals surface area contributed by atoms with E-state index in [1.807, 2.05) is 0 Å². The molecule has 1 saturated heterocycles. The van der Waals surface area contributed by atoms with Crippen molar-refractivity contribution in [3.63, 3.8) is 0 Å². The van der Waals surface area contributed by atoms with Gasteiger partial charge in [-0.05, 0) is 32.6 Å². The summed E-state index contributed by atoms with van der Waals surface area (Å²) in [6, 6.07) is 1.86. The Morgan fingerprint density at radius 1 is 1.26 bits per heavy atom. The lowest BCUT2D eigenvalue weighted by Gasteiger charge is -2.32. The van der Waals surface area contributed by atoms with Gasteiger partial charge in [0, 0.05) is 50.0 Å². The molecule has 1 amide bonds. The smallest absolute Gasteiger partial charge is 0.409 e. The van der Waals surface area contributed by atoms with Crippen LogP contribution < -0.4 is 4.90 Å². The van der Waals surface area contributed by atoms with Crippen molar-refractivity contribution >= 4 is 17.6 Å². The number of carbonyl (C=O) groups excluding carboxylic acids is 1. The molecule has 0 spiro atoms. The quantitative estimate of drug-likeness (QED) is 0.730. The maximum atomic E-state index is 14.4. The molecule has 0 radical (unpaired) electrons. The summed E-state index contributed by atoms with van der Waals surface area (Å²) in [5, 5.41) is 5.07. The van der Waals surface area contributed by atoms with Crippen LogP contribution in [-0.4, -0.2) is 59.2 Å². The van der Waals surface area contributed by atoms with E-state index >= 15 is 0 Å². The molecule has 2 aromatic heterocycles. The normalized spacial score (nSPS) is 19.2. The van der Waals surface area contributed by atoms with Crippen LogP contribution in [0.3, 0.4) is 0 Å². The Labute approximate surface area is 180 Å². The number of hydrogen-bond acceptors (Lipinski definition) is 6. The molecule has 8 nitrogen and oxygen atoms in total. The molecule has 5 rings (SSSR count). The van der Waals surface area contributed by atoms with Crippen LogP contribution in [0.1, 0.15) is 47.9 Å². The Morgan fingerprint density at radius 2 is 2.06 bits per heavy atom. The molecule has 3 aliphatic rings. The zero-order chi connectivity index (χ0) is 21.5. The van der Waals surface area contributed by atoms with Gasteiger partial charge in [-0.15, -0.1) is 0 Å². The summed E-state index contributed by atoms with van der Waals surface area (Å²) in [5.41, 5.74) is 4.29. The van der Waals surface area contributed by atoms with E-state index in [2.05, 4.69) is 14.6 Å². The van der Waals surface area contributed by atoms with Crippen molar-refractivity contribution in [3.05, 3.63) is 34.5 Å². The predicted molar refractivity (Wildman–Crippen MR) is 112 cm³/mol. The van der Waals surface area contributed by atoms with Crippen LogP contribution >= 0.6 is 0 Å². The number of nitrogens with zero attached hydrogens (tertiary/aromatic N) is 5. The molecule has 1 fully saturated rings. The van der Waals surface area contributed by atoms with E-state index in [4.69, 9.17) is 14.6 Å². The molecule has 0 aromatic carbocycles. The molecule has 0 N–H and O–H groups in total. The van der Waals surface area contributed by atoms with Gasteiger partial charge < -0.3 is 19.3 Å². The molecule has 2 aromatic rings. The molecule has 0 bridgehead atoms. The Balaban J connectivity index is 1.60. The van der Waals surface area contributed by atoms with Gasteiger partial charge in [0.05, 0.1) is 36.8 Å². The average molecular weight is 429 g/mol. The Kier molecular flexibility index (Phi) is 5.29. The highest BCUT2D eigenvalue weighted by Crippen LogP contribution is 2.39. The molecule has 0 atom stereocenters. The predicted octanol–water partition coefficient (Wildman–Crippen LogP) is 3.29. The van der Waals surface area contributed by atoms with Crippen LogP contribution in [0.4, 0.5) is 20.7 Å². The van der Waals surface area contributed by atoms with Gasteiger partial charge in [0.25, 0.3) is 0 Å². The number of halogens is 1. The number of fused-ring (bicyclic) bond motifs is 2. The third-order valence-electron chi connectivity index (χ3n) is 6.58. The first-order chi connectivity index (χ1) is 15.1. The van der Waals surface area contributed by atoms with Crippen LogP contribution in [0.15, 0.2) is 6.07 Å². The summed E-state index contributed by atoms with van der Waals surface area (Å²) in [4.78, 5) is 20.5. The van der Waals surface area contributed by atoms with Crippen LogP contribution in [-0.2, 0) is 28.9 Å². The largest absolute Gasteiger partial charge is 0.453 e. The van der Waals surface area contributed by atoms with Crippen LogP contribution in [0, 0.1) is 12.7 Å². The number of rotatable bonds is 2. The first-order valence-corrected chi connectivity index (χ1v) is 11.0. The van der Waals surface area contributed by atoms with Crippen molar-refractivity contribution in [2.45, 2.75) is 51.6 Å². The maximum absolute atomic E-state index is 14.4. The molecular weight excluding hydrogens is 401 g/mol. The fourth-order valence-corrected chi connectivity index (χ4v) is 4.95. The molecule has 5 heterocycles. The second-order valence-electron chi connectivity index (χ2n) is 8.46. The van der Waals surface area contributed by atoms with Crippen molar-refractivity contribution < 1.29 is 18.7 Å². The van der Waals surface area contributed by atoms with Crippen molar-refractivity contribution in [2.75, 3.05) is 38.3 Å². The highest BCUT2D eigenvalue weighted by molar-refractivity contribution is 5.71. The molecule has 31 heavy (non-hydrogen) atoms. The second-order valence-corrected chi connectivity index (χ2v) is 8.46. The molecule has 9 heteroatoms. The fraction of sp³-hybridized carbons (Fsp3) is 0.591. The van der Waals surface area contributed by atoms with E-state index in [0.29, 0.717) is 18.8 Å². The zero-order valence-corrected chi connectivity index (χ0v) is 18.1. The summed E-state index contributed by atoms with van der Waals surface area (Å²) < 4.78 is 27.1. The summed E-state index contributed by atoms with van der Waals surface area (Å²) in [7, 11) is 1.40. The van der Waals surface area contributed by atoms with E-state index in [1.165, 1.54) is 7.11 Å². The Hall–Kier alpha value is -2.68. The van der Waals surface area contributed by atoms with Crippen molar-refractivity contribution in [2.24, 2.45) is 0 Å². The number of anilines is 2. The van der Waals surface area contributed by atoms with Gasteiger partial charge in [0.2, 0.25) is 0 Å². The van der Waals surface area contributed by atoms with E-state index in [9.17, 15) is 9.18 Å². The maximum Gasteiger partial charge on any atom is 0.409 e. The highest BCUT2D eigenvalue weighted by Gasteiger charge is 2.34. The van der Waals surface area contributed by atoms with E-state index in [-0.39, 0.29) is 18.0 Å². The summed E-state index contributed by atoms with van der Waals surface area (Å²) >= 11 is 0. The topological polar surface area (TPSA) is 72.7 Å². The van der Waals surface area contributed by atoms with Crippen molar-refractivity contribution in [3.8, 4) is 0 Å². The highest BCUT2D eigenvalue weighted by atomic mass is 19.1. The van der Waals surface area contributed by atoms with Gasteiger partial charge in [0.15, 0.2) is 5.82 Å². The number of carbonyl (C=O) groups is 1. The minimum absolute atomic E-state index is 0.276. The first-order valence-electron chi connectivity index (χ1n) is 11.0. The van der Waals surface area contributed by atoms with Gasteiger partial charge in [-0.1, -0.05) is 0 Å². The molecule has 0 saturated carbocycles. The standard InChI is InChI=1S/C22H28FN5O3/c1-14-17(23)12-20-18(24-14)4-3-8-27(20)21-16-13-26(22(29)30-2)9-5-19(16)28(25-21)15-6-10-31-11-7-15/h12,15H,3-11,13H2,1-2H3. The number of methoxy groups -OCH3 is 1. The SMILES string of the molecule is COC(=O)N1CCc2c(c(N3CCCc4nc(C)c(F)cc43)nn2C2CCOCC2)C1. The number of hydrogen-bond donors (Lipinski definition) is 0. The minimum Gasteiger partial charge on any atom is -0.453 e. The van der Waals surface area contributed by atoms with Crippen LogP contribution in [0.5, 0.6) is 0 Å². The molecular formula is C22H28FN5O3. The molecule has 0 unspecified atom stereocenters. The van der Waals surface area contributed by atoms with Crippen molar-refractivity contribution in [1.82, 2.24) is 19.7 Å². The summed E-state index contributed by atoms with van der Waals surface area (Å²) in [6.07, 6.45) is 3.96. The van der Waals surface area contributed by atoms with Crippen LogP contribution in [0.25, 0.3) is 0 Å². The third-order valence-corrected chi connectivity index (χ3v) is 6.58. The summed E-state index contributed by atoms with van der Waals surface area (Å²) in [6.45, 7) is 4.93. The third kappa shape index (κ3) is 3.54. The van der Waals surface area contributed by atoms with Crippen molar-refractivity contribution in [1.29, 1.82) is 0 Å². The van der Waals surface area contributed by atoms with Crippen LogP contribution in [0.2, 0.25) is 0 Å². The van der Waals surface area contributed by atoms with Gasteiger partial charge in [0.1, 0.15) is 5.82 Å². The lowest BCUT2D eigenvalue weighted by Crippen LogP contribution is -2.37. The second kappa shape index (κ2) is 8.11. The number of ether oxygens (including phenoxy) is 2. The number of aryl methyl sites for hydroxylation is 2. The molecule has 166 valence electrons. The summed E-state index contributed by atoms with van der Waals surface area (Å²) in [5.74, 6) is 0.501. The Bertz CT molecular complexity index is 1000. The number of pyridine rings is 1. The van der Waals surface area contributed by atoms with E-state index < -0.39 is 0 Å². The monoisotopic (exact) mass is 429 g/mol. The average Bonchev–Trinajstić information content (AvgIpc) is 3.18.